The van der Waals surface area contributed by atoms with Gasteiger partial charge in [0.2, 0.25) is 0 Å². The predicted octanol–water partition coefficient (Wildman–Crippen LogP) is -1.08. The van der Waals surface area contributed by atoms with Gasteiger partial charge in [-0.15, -0.1) is 0 Å². The summed E-state index contributed by atoms with van der Waals surface area (Å²) in [7, 11) is 0. The van der Waals surface area contributed by atoms with E-state index >= 15 is 0 Å². The maximum Gasteiger partial charge on any atom is 0.304 e. The minimum absolute atomic E-state index is 0.784. The molecule has 0 saturated carbocycles. The number of thioether (sulfide) groups is 2. The molecule has 4 nitrogen and oxygen atoms in total. The Morgan fingerprint density at radius 1 is 0.900 bits per heavy atom. The smallest absolute Gasteiger partial charge is 0.265 e. The highest BCUT2D eigenvalue weighted by atomic mass is 32.2. The van der Waals surface area contributed by atoms with Gasteiger partial charge in [0.1, 0.15) is 26.2 Å². The summed E-state index contributed by atoms with van der Waals surface area (Å²) in [5.74, 6) is 2.09. The van der Waals surface area contributed by atoms with Crippen molar-refractivity contribution in [2.75, 3.05) is 37.7 Å². The third kappa shape index (κ3) is 11.0. The van der Waals surface area contributed by atoms with E-state index in [0.717, 1.165) is 48.0 Å². The molecule has 0 bridgehead atoms. The van der Waals surface area contributed by atoms with Crippen LogP contribution >= 0.6 is 23.5 Å². The van der Waals surface area contributed by atoms with Crippen LogP contribution in [-0.4, -0.2) is 48.0 Å². The van der Waals surface area contributed by atoms with E-state index in [1.807, 2.05) is 12.2 Å². The van der Waals surface area contributed by atoms with Crippen LogP contribution in [0.15, 0.2) is 25.3 Å². The van der Waals surface area contributed by atoms with Crippen LogP contribution in [0.4, 0.5) is 0 Å². The van der Waals surface area contributed by atoms with Crippen molar-refractivity contribution in [1.29, 1.82) is 0 Å². The van der Waals surface area contributed by atoms with Crippen molar-refractivity contribution in [2.45, 2.75) is 13.8 Å². The molecule has 0 aliphatic heterocycles. The first kappa shape index (κ1) is 19.1. The van der Waals surface area contributed by atoms with Gasteiger partial charge in [0.15, 0.2) is 0 Å². The van der Waals surface area contributed by atoms with E-state index in [9.17, 15) is 0 Å². The Morgan fingerprint density at radius 2 is 1.30 bits per heavy atom. The third-order valence-corrected chi connectivity index (χ3v) is 3.82. The van der Waals surface area contributed by atoms with Crippen LogP contribution < -0.4 is 20.6 Å². The lowest BCUT2D eigenvalue weighted by Crippen LogP contribution is -2.85. The lowest BCUT2D eigenvalue weighted by Gasteiger charge is -2.00. The highest BCUT2D eigenvalue weighted by Crippen LogP contribution is 1.94. The van der Waals surface area contributed by atoms with Crippen LogP contribution in [0, 0.1) is 0 Å². The van der Waals surface area contributed by atoms with Gasteiger partial charge in [0.25, 0.3) is 0 Å². The zero-order valence-corrected chi connectivity index (χ0v) is 14.3. The van der Waals surface area contributed by atoms with Crippen LogP contribution in [0.3, 0.4) is 0 Å². The first-order chi connectivity index (χ1) is 9.78. The molecule has 4 N–H and O–H groups in total. The lowest BCUT2D eigenvalue weighted by molar-refractivity contribution is -0.537. The number of hydrogen-bond acceptors (Lipinski definition) is 2. The Labute approximate surface area is 131 Å². The number of nitrogens with one attached hydrogen (secondary N) is 4. The topological polar surface area (TPSA) is 52.0 Å². The molecule has 0 fully saturated rings. The van der Waals surface area contributed by atoms with Crippen LogP contribution in [0.2, 0.25) is 0 Å². The van der Waals surface area contributed by atoms with Gasteiger partial charge in [0.05, 0.1) is 0 Å². The molecule has 6 heteroatoms. The molecule has 0 atom stereocenters. The number of amidine groups is 2. The van der Waals surface area contributed by atoms with E-state index in [-0.39, 0.29) is 0 Å². The van der Waals surface area contributed by atoms with Crippen molar-refractivity contribution < 1.29 is 9.98 Å². The molecule has 0 aliphatic carbocycles. The van der Waals surface area contributed by atoms with Crippen molar-refractivity contribution in [3.05, 3.63) is 25.3 Å². The zero-order chi connectivity index (χ0) is 15.1. The van der Waals surface area contributed by atoms with E-state index in [1.165, 1.54) is 0 Å². The van der Waals surface area contributed by atoms with E-state index < -0.39 is 0 Å². The predicted molar refractivity (Wildman–Crippen MR) is 94.3 cm³/mol. The van der Waals surface area contributed by atoms with Crippen molar-refractivity contribution in [1.82, 2.24) is 10.6 Å². The Morgan fingerprint density at radius 3 is 1.60 bits per heavy atom. The summed E-state index contributed by atoms with van der Waals surface area (Å²) in [6.45, 7) is 15.0. The Balaban J connectivity index is 4.24. The molecule has 0 saturated heterocycles. The first-order valence-electron chi connectivity index (χ1n) is 6.95. The zero-order valence-electron chi connectivity index (χ0n) is 12.6. The Kier molecular flexibility index (Phi) is 13.9. The molecule has 0 amide bonds. The molecular weight excluding hydrogens is 288 g/mol. The fourth-order valence-corrected chi connectivity index (χ4v) is 2.66. The first-order valence-corrected chi connectivity index (χ1v) is 8.92. The highest BCUT2D eigenvalue weighted by molar-refractivity contribution is 8.13. The van der Waals surface area contributed by atoms with Gasteiger partial charge < -0.3 is 0 Å². The molecule has 114 valence electrons. The van der Waals surface area contributed by atoms with Crippen molar-refractivity contribution in [3.8, 4) is 0 Å². The summed E-state index contributed by atoms with van der Waals surface area (Å²) >= 11 is 3.55. The van der Waals surface area contributed by atoms with Gasteiger partial charge in [-0.3, -0.25) is 20.6 Å². The van der Waals surface area contributed by atoms with Gasteiger partial charge in [-0.1, -0.05) is 39.2 Å². The Hall–Kier alpha value is -0.880. The molecule has 20 heavy (non-hydrogen) atoms. The second kappa shape index (κ2) is 14.5. The summed E-state index contributed by atoms with van der Waals surface area (Å²) in [6.07, 6.45) is 3.72. The minimum atomic E-state index is 0.784. The summed E-state index contributed by atoms with van der Waals surface area (Å²) in [4.78, 5) is 6.79. The van der Waals surface area contributed by atoms with Crippen LogP contribution in [0.1, 0.15) is 13.8 Å². The molecule has 0 radical (unpaired) electrons. The fraction of sp³-hybridized carbons (Fsp3) is 0.571. The highest BCUT2D eigenvalue weighted by Gasteiger charge is 2.05. The molecule has 0 rings (SSSR count). The second-order valence-electron chi connectivity index (χ2n) is 3.72. The quantitative estimate of drug-likeness (QED) is 0.189. The average molecular weight is 317 g/mol. The van der Waals surface area contributed by atoms with Gasteiger partial charge in [-0.2, -0.15) is 0 Å². The molecular formula is C14H28N4S2+2. The molecule has 0 aromatic rings. The maximum absolute atomic E-state index is 3.71. The van der Waals surface area contributed by atoms with E-state index in [2.05, 4.69) is 47.6 Å². The molecule has 0 aromatic heterocycles. The van der Waals surface area contributed by atoms with Crippen molar-refractivity contribution in [2.24, 2.45) is 0 Å². The number of hydrogen-bond donors (Lipinski definition) is 4. The molecule has 0 heterocycles. The molecule has 0 unspecified atom stereocenters. The standard InChI is InChI=1S/C14H26N4S2/c1-5-9-15-13(19-7-3)17-11-12-18-14(20-8-4)16-10-6-2/h5-6H,1-2,7-12H2,3-4H3,(H,15,17)(H,16,18)/p+2. The molecule has 0 aromatic carbocycles. The van der Waals surface area contributed by atoms with Gasteiger partial charge >= 0.3 is 10.3 Å². The van der Waals surface area contributed by atoms with E-state index in [0.29, 0.717) is 0 Å². The van der Waals surface area contributed by atoms with E-state index in [4.69, 9.17) is 0 Å². The van der Waals surface area contributed by atoms with Gasteiger partial charge in [0, 0.05) is 11.5 Å². The Bertz CT molecular complexity index is 295. The van der Waals surface area contributed by atoms with Crippen molar-refractivity contribution in [3.63, 3.8) is 0 Å². The SMILES string of the molecule is C=CCNC(=[NH+]CC[NH+]=C(NCC=C)SCC)SCC. The molecule has 0 spiro atoms. The summed E-state index contributed by atoms with van der Waals surface area (Å²) in [5, 5.41) is 8.82. The third-order valence-electron chi connectivity index (χ3n) is 2.09. The number of rotatable bonds is 9. The van der Waals surface area contributed by atoms with Crippen LogP contribution in [-0.2, 0) is 0 Å². The van der Waals surface area contributed by atoms with Gasteiger partial charge in [-0.25, -0.2) is 0 Å². The maximum atomic E-state index is 3.71. The van der Waals surface area contributed by atoms with E-state index in [1.54, 1.807) is 23.5 Å². The summed E-state index contributed by atoms with van der Waals surface area (Å²) in [6, 6.07) is 0. The van der Waals surface area contributed by atoms with Crippen LogP contribution in [0.25, 0.3) is 0 Å². The second-order valence-corrected chi connectivity index (χ2v) is 6.27. The normalized spacial score (nSPS) is 12.1. The lowest BCUT2D eigenvalue weighted by atomic mass is 10.6. The summed E-state index contributed by atoms with van der Waals surface area (Å²) in [5.41, 5.74) is 0. The average Bonchev–Trinajstić information content (AvgIpc) is 2.46. The minimum Gasteiger partial charge on any atom is -0.265 e. The molecule has 0 aliphatic rings. The largest absolute Gasteiger partial charge is 0.304 e. The van der Waals surface area contributed by atoms with Crippen LogP contribution in [0.5, 0.6) is 0 Å². The fourth-order valence-electron chi connectivity index (χ4n) is 1.30. The monoisotopic (exact) mass is 316 g/mol. The van der Waals surface area contributed by atoms with Crippen molar-refractivity contribution >= 4 is 33.9 Å². The summed E-state index contributed by atoms with van der Waals surface area (Å²) < 4.78 is 0. The van der Waals surface area contributed by atoms with Gasteiger partial charge in [-0.05, 0) is 23.5 Å².